The molecule has 0 spiro atoms. The number of rotatable bonds is 3. The molecule has 2 rings (SSSR count). The molecule has 0 aromatic rings. The van der Waals surface area contributed by atoms with Crippen LogP contribution in [0.25, 0.3) is 0 Å². The number of aliphatic hydroxyl groups excluding tert-OH is 1. The third-order valence-electron chi connectivity index (χ3n) is 4.70. The van der Waals surface area contributed by atoms with E-state index in [4.69, 9.17) is 0 Å². The lowest BCUT2D eigenvalue weighted by Crippen LogP contribution is -2.41. The zero-order valence-corrected chi connectivity index (χ0v) is 10.6. The second kappa shape index (κ2) is 6.02. The molecule has 1 heterocycles. The van der Waals surface area contributed by atoms with Crippen molar-refractivity contribution in [2.45, 2.75) is 58.0 Å². The van der Waals surface area contributed by atoms with E-state index in [2.05, 4.69) is 12.2 Å². The molecule has 16 heavy (non-hydrogen) atoms. The normalized spacial score (nSPS) is 38.2. The van der Waals surface area contributed by atoms with E-state index >= 15 is 0 Å². The Bertz CT molecular complexity index is 201. The van der Waals surface area contributed by atoms with E-state index in [1.54, 1.807) is 0 Å². The smallest absolute Gasteiger partial charge is 0.0608 e. The highest BCUT2D eigenvalue weighted by Gasteiger charge is 2.32. The average Bonchev–Trinajstić information content (AvgIpc) is 2.39. The lowest BCUT2D eigenvalue weighted by Gasteiger charge is -2.37. The van der Waals surface area contributed by atoms with Crippen LogP contribution >= 0.6 is 0 Å². The van der Waals surface area contributed by atoms with Gasteiger partial charge in [0, 0.05) is 6.54 Å². The Kier molecular flexibility index (Phi) is 4.66. The third kappa shape index (κ3) is 2.98. The fraction of sp³-hybridized carbons (Fsp3) is 1.00. The van der Waals surface area contributed by atoms with Crippen LogP contribution in [-0.2, 0) is 0 Å². The van der Waals surface area contributed by atoms with Crippen LogP contribution in [0, 0.1) is 17.8 Å². The predicted octanol–water partition coefficient (Wildman–Crippen LogP) is 2.56. The van der Waals surface area contributed by atoms with Gasteiger partial charge in [-0.25, -0.2) is 0 Å². The van der Waals surface area contributed by atoms with Crippen LogP contribution in [0.1, 0.15) is 51.9 Å². The molecule has 1 saturated heterocycles. The van der Waals surface area contributed by atoms with Crippen LogP contribution in [0.2, 0.25) is 0 Å². The summed E-state index contributed by atoms with van der Waals surface area (Å²) in [5.74, 6) is 1.99. The van der Waals surface area contributed by atoms with Gasteiger partial charge in [-0.05, 0) is 50.0 Å². The van der Waals surface area contributed by atoms with Crippen molar-refractivity contribution in [2.24, 2.45) is 17.8 Å². The number of hydrogen-bond donors (Lipinski definition) is 2. The van der Waals surface area contributed by atoms with Gasteiger partial charge in [-0.3, -0.25) is 0 Å². The quantitative estimate of drug-likeness (QED) is 0.773. The summed E-state index contributed by atoms with van der Waals surface area (Å²) in [5, 5.41) is 13.9. The van der Waals surface area contributed by atoms with Gasteiger partial charge in [0.15, 0.2) is 0 Å². The SMILES string of the molecule is CCC1CCCC(C(O)C2CCCNC2)C1. The standard InChI is InChI=1S/C14H27NO/c1-2-11-5-3-6-12(9-11)14(16)13-7-4-8-15-10-13/h11-16H,2-10H2,1H3. The largest absolute Gasteiger partial charge is 0.393 e. The molecule has 2 aliphatic rings. The summed E-state index contributed by atoms with van der Waals surface area (Å²) in [5.41, 5.74) is 0. The Labute approximate surface area is 99.8 Å². The first-order valence-corrected chi connectivity index (χ1v) is 7.20. The van der Waals surface area contributed by atoms with Gasteiger partial charge in [-0.2, -0.15) is 0 Å². The van der Waals surface area contributed by atoms with Gasteiger partial charge >= 0.3 is 0 Å². The van der Waals surface area contributed by atoms with E-state index in [1.165, 1.54) is 44.9 Å². The number of hydrogen-bond acceptors (Lipinski definition) is 2. The van der Waals surface area contributed by atoms with Gasteiger partial charge in [0.2, 0.25) is 0 Å². The van der Waals surface area contributed by atoms with Crippen LogP contribution in [0.3, 0.4) is 0 Å². The lowest BCUT2D eigenvalue weighted by atomic mass is 9.74. The van der Waals surface area contributed by atoms with Gasteiger partial charge in [0.1, 0.15) is 0 Å². The molecule has 4 unspecified atom stereocenters. The summed E-state index contributed by atoms with van der Waals surface area (Å²) in [6.07, 6.45) is 8.98. The van der Waals surface area contributed by atoms with E-state index in [1.807, 2.05) is 0 Å². The van der Waals surface area contributed by atoms with E-state index in [-0.39, 0.29) is 6.10 Å². The molecule has 2 N–H and O–H groups in total. The highest BCUT2D eigenvalue weighted by atomic mass is 16.3. The minimum Gasteiger partial charge on any atom is -0.393 e. The van der Waals surface area contributed by atoms with Crippen molar-refractivity contribution in [2.75, 3.05) is 13.1 Å². The van der Waals surface area contributed by atoms with Crippen molar-refractivity contribution in [3.05, 3.63) is 0 Å². The Morgan fingerprint density at radius 2 is 2.00 bits per heavy atom. The molecule has 0 aromatic heterocycles. The first-order valence-electron chi connectivity index (χ1n) is 7.20. The highest BCUT2D eigenvalue weighted by molar-refractivity contribution is 4.84. The molecule has 94 valence electrons. The zero-order chi connectivity index (χ0) is 11.4. The van der Waals surface area contributed by atoms with Crippen molar-refractivity contribution >= 4 is 0 Å². The van der Waals surface area contributed by atoms with E-state index in [0.717, 1.165) is 19.0 Å². The number of aliphatic hydroxyl groups is 1. The molecular formula is C14H27NO. The first-order chi connectivity index (χ1) is 7.81. The molecule has 1 saturated carbocycles. The van der Waals surface area contributed by atoms with Crippen molar-refractivity contribution in [1.29, 1.82) is 0 Å². The maximum Gasteiger partial charge on any atom is 0.0608 e. The van der Waals surface area contributed by atoms with Gasteiger partial charge < -0.3 is 10.4 Å². The van der Waals surface area contributed by atoms with E-state index in [0.29, 0.717) is 11.8 Å². The summed E-state index contributed by atoms with van der Waals surface area (Å²) >= 11 is 0. The van der Waals surface area contributed by atoms with Crippen LogP contribution in [-0.4, -0.2) is 24.3 Å². The minimum absolute atomic E-state index is 0.0397. The second-order valence-electron chi connectivity index (χ2n) is 5.80. The molecule has 2 nitrogen and oxygen atoms in total. The van der Waals surface area contributed by atoms with Crippen molar-refractivity contribution in [3.8, 4) is 0 Å². The topological polar surface area (TPSA) is 32.3 Å². The molecule has 0 amide bonds. The molecule has 4 atom stereocenters. The first kappa shape index (κ1) is 12.4. The Morgan fingerprint density at radius 3 is 2.69 bits per heavy atom. The molecule has 2 fully saturated rings. The summed E-state index contributed by atoms with van der Waals surface area (Å²) in [4.78, 5) is 0. The minimum atomic E-state index is -0.0397. The average molecular weight is 225 g/mol. The molecule has 0 bridgehead atoms. The maximum atomic E-state index is 10.5. The Morgan fingerprint density at radius 1 is 1.19 bits per heavy atom. The summed E-state index contributed by atoms with van der Waals surface area (Å²) < 4.78 is 0. The monoisotopic (exact) mass is 225 g/mol. The van der Waals surface area contributed by atoms with Gasteiger partial charge in [0.25, 0.3) is 0 Å². The zero-order valence-electron chi connectivity index (χ0n) is 10.6. The highest BCUT2D eigenvalue weighted by Crippen LogP contribution is 2.35. The van der Waals surface area contributed by atoms with Crippen molar-refractivity contribution in [1.82, 2.24) is 5.32 Å². The Hall–Kier alpha value is -0.0800. The lowest BCUT2D eigenvalue weighted by molar-refractivity contribution is 0.0134. The third-order valence-corrected chi connectivity index (χ3v) is 4.70. The van der Waals surface area contributed by atoms with Gasteiger partial charge in [-0.15, -0.1) is 0 Å². The molecule has 0 radical (unpaired) electrons. The molecular weight excluding hydrogens is 198 g/mol. The fourth-order valence-electron chi connectivity index (χ4n) is 3.57. The van der Waals surface area contributed by atoms with Crippen LogP contribution < -0.4 is 5.32 Å². The van der Waals surface area contributed by atoms with Gasteiger partial charge in [-0.1, -0.05) is 26.2 Å². The van der Waals surface area contributed by atoms with E-state index < -0.39 is 0 Å². The second-order valence-corrected chi connectivity index (χ2v) is 5.80. The maximum absolute atomic E-state index is 10.5. The summed E-state index contributed by atoms with van der Waals surface area (Å²) in [7, 11) is 0. The van der Waals surface area contributed by atoms with Gasteiger partial charge in [0.05, 0.1) is 6.10 Å². The van der Waals surface area contributed by atoms with E-state index in [9.17, 15) is 5.11 Å². The summed E-state index contributed by atoms with van der Waals surface area (Å²) in [6.45, 7) is 4.47. The number of nitrogens with one attached hydrogen (secondary N) is 1. The molecule has 0 aromatic carbocycles. The van der Waals surface area contributed by atoms with Crippen LogP contribution in [0.4, 0.5) is 0 Å². The molecule has 1 aliphatic heterocycles. The molecule has 1 aliphatic carbocycles. The van der Waals surface area contributed by atoms with Crippen molar-refractivity contribution < 1.29 is 5.11 Å². The molecule has 2 heteroatoms. The van der Waals surface area contributed by atoms with Crippen molar-refractivity contribution in [3.63, 3.8) is 0 Å². The number of piperidine rings is 1. The summed E-state index contributed by atoms with van der Waals surface area (Å²) in [6, 6.07) is 0. The fourth-order valence-corrected chi connectivity index (χ4v) is 3.57. The van der Waals surface area contributed by atoms with Crippen LogP contribution in [0.15, 0.2) is 0 Å². The predicted molar refractivity (Wildman–Crippen MR) is 67.3 cm³/mol. The Balaban J connectivity index is 1.84. The van der Waals surface area contributed by atoms with Crippen LogP contribution in [0.5, 0.6) is 0 Å².